The van der Waals surface area contributed by atoms with Crippen molar-refractivity contribution < 1.29 is 14.5 Å². The van der Waals surface area contributed by atoms with Gasteiger partial charge in [0, 0.05) is 17.2 Å². The smallest absolute Gasteiger partial charge is 0.312 e. The van der Waals surface area contributed by atoms with Crippen LogP contribution >= 0.6 is 11.3 Å². The van der Waals surface area contributed by atoms with Gasteiger partial charge in [0.05, 0.1) is 15.1 Å². The molecule has 0 spiro atoms. The molecule has 0 fully saturated rings. The van der Waals surface area contributed by atoms with Crippen molar-refractivity contribution in [1.82, 2.24) is 4.98 Å². The van der Waals surface area contributed by atoms with E-state index in [1.807, 2.05) is 36.4 Å². The number of carbonyl (C=O) groups is 1. The Morgan fingerprint density at radius 2 is 1.82 bits per heavy atom. The van der Waals surface area contributed by atoms with Crippen molar-refractivity contribution in [2.24, 2.45) is 0 Å². The molecule has 6 nitrogen and oxygen atoms in total. The monoisotopic (exact) mass is 390 g/mol. The number of Topliss-reactive ketones (excluding diaryl/α,β-unsaturated/α-hetero) is 1. The van der Waals surface area contributed by atoms with E-state index < -0.39 is 4.92 Å². The largest absolute Gasteiger partial charge is 0.450 e. The first-order valence-electron chi connectivity index (χ1n) is 8.44. The van der Waals surface area contributed by atoms with Crippen molar-refractivity contribution in [1.29, 1.82) is 0 Å². The molecule has 0 saturated heterocycles. The van der Waals surface area contributed by atoms with E-state index in [9.17, 15) is 14.9 Å². The van der Waals surface area contributed by atoms with E-state index >= 15 is 0 Å². The molecular formula is C21H14N2O4S. The highest BCUT2D eigenvalue weighted by Crippen LogP contribution is 2.34. The van der Waals surface area contributed by atoms with Crippen LogP contribution in [0, 0.1) is 10.1 Å². The molecule has 0 aliphatic carbocycles. The van der Waals surface area contributed by atoms with Crippen LogP contribution in [-0.2, 0) is 0 Å². The lowest BCUT2D eigenvalue weighted by Gasteiger charge is -2.07. The molecule has 1 aromatic heterocycles. The minimum Gasteiger partial charge on any atom is -0.450 e. The minimum atomic E-state index is -0.558. The molecule has 4 aromatic rings. The number of aromatic nitrogens is 1. The molecule has 3 aromatic carbocycles. The zero-order valence-corrected chi connectivity index (χ0v) is 15.6. The van der Waals surface area contributed by atoms with Crippen molar-refractivity contribution in [3.63, 3.8) is 0 Å². The molecule has 0 saturated carbocycles. The van der Waals surface area contributed by atoms with Gasteiger partial charge in [-0.1, -0.05) is 12.1 Å². The lowest BCUT2D eigenvalue weighted by atomic mass is 10.1. The van der Waals surface area contributed by atoms with Crippen LogP contribution in [0.15, 0.2) is 66.7 Å². The van der Waals surface area contributed by atoms with Crippen LogP contribution in [-0.4, -0.2) is 15.7 Å². The van der Waals surface area contributed by atoms with Crippen molar-refractivity contribution in [2.45, 2.75) is 6.92 Å². The maximum absolute atomic E-state index is 11.5. The molecule has 0 aliphatic rings. The Labute approximate surface area is 164 Å². The van der Waals surface area contributed by atoms with Gasteiger partial charge in [-0.05, 0) is 55.5 Å². The quantitative estimate of drug-likeness (QED) is 0.242. The number of hydrogen-bond donors (Lipinski definition) is 0. The maximum atomic E-state index is 11.5. The Kier molecular flexibility index (Phi) is 4.58. The number of fused-ring (bicyclic) bond motifs is 1. The van der Waals surface area contributed by atoms with Gasteiger partial charge in [0.2, 0.25) is 5.75 Å². The second kappa shape index (κ2) is 7.21. The van der Waals surface area contributed by atoms with Crippen LogP contribution in [0.1, 0.15) is 17.3 Å². The Bertz CT molecular complexity index is 1170. The van der Waals surface area contributed by atoms with E-state index in [0.717, 1.165) is 20.8 Å². The van der Waals surface area contributed by atoms with Gasteiger partial charge in [0.1, 0.15) is 10.8 Å². The molecule has 28 heavy (non-hydrogen) atoms. The van der Waals surface area contributed by atoms with Gasteiger partial charge >= 0.3 is 5.69 Å². The zero-order chi connectivity index (χ0) is 19.7. The summed E-state index contributed by atoms with van der Waals surface area (Å²) >= 11 is 1.60. The standard InChI is InChI=1S/C21H14N2O4S/c1-13(24)15-8-11-19(18(12-15)23(25)26)27-16-9-6-14(7-10-16)21-22-17-4-2-3-5-20(17)28-21/h2-12H,1H3. The van der Waals surface area contributed by atoms with E-state index in [0.29, 0.717) is 5.75 Å². The molecule has 0 radical (unpaired) electrons. The van der Waals surface area contributed by atoms with Crippen LogP contribution < -0.4 is 4.74 Å². The number of nitro benzene ring substituents is 1. The molecule has 0 amide bonds. The normalized spacial score (nSPS) is 10.8. The Hall–Kier alpha value is -3.58. The van der Waals surface area contributed by atoms with E-state index in [4.69, 9.17) is 4.74 Å². The van der Waals surface area contributed by atoms with Crippen molar-refractivity contribution in [2.75, 3.05) is 0 Å². The van der Waals surface area contributed by atoms with Gasteiger partial charge in [0.15, 0.2) is 5.78 Å². The minimum absolute atomic E-state index is 0.0859. The first-order chi connectivity index (χ1) is 13.5. The fourth-order valence-electron chi connectivity index (χ4n) is 2.75. The Morgan fingerprint density at radius 1 is 1.07 bits per heavy atom. The molecule has 7 heteroatoms. The summed E-state index contributed by atoms with van der Waals surface area (Å²) in [7, 11) is 0. The summed E-state index contributed by atoms with van der Waals surface area (Å²) in [6.07, 6.45) is 0. The number of benzene rings is 3. The molecular weight excluding hydrogens is 376 g/mol. The van der Waals surface area contributed by atoms with Crippen molar-refractivity contribution in [3.05, 3.63) is 82.4 Å². The summed E-state index contributed by atoms with van der Waals surface area (Å²) in [4.78, 5) is 26.8. The maximum Gasteiger partial charge on any atom is 0.312 e. The molecule has 0 atom stereocenters. The van der Waals surface area contributed by atoms with Crippen LogP contribution in [0.2, 0.25) is 0 Å². The summed E-state index contributed by atoms with van der Waals surface area (Å²) in [6.45, 7) is 1.36. The Balaban J connectivity index is 1.61. The second-order valence-corrected chi connectivity index (χ2v) is 7.14. The summed E-state index contributed by atoms with van der Waals surface area (Å²) in [5, 5.41) is 12.2. The highest BCUT2D eigenvalue weighted by atomic mass is 32.1. The van der Waals surface area contributed by atoms with Crippen LogP contribution in [0.5, 0.6) is 11.5 Å². The highest BCUT2D eigenvalue weighted by molar-refractivity contribution is 7.21. The molecule has 0 N–H and O–H groups in total. The fraction of sp³-hybridized carbons (Fsp3) is 0.0476. The number of rotatable bonds is 5. The Morgan fingerprint density at radius 3 is 2.50 bits per heavy atom. The molecule has 4 rings (SSSR count). The first-order valence-corrected chi connectivity index (χ1v) is 9.26. The van der Waals surface area contributed by atoms with Crippen LogP contribution in [0.25, 0.3) is 20.8 Å². The average Bonchev–Trinajstić information content (AvgIpc) is 3.12. The van der Waals surface area contributed by atoms with Crippen molar-refractivity contribution >= 4 is 33.0 Å². The molecule has 0 unspecified atom stereocenters. The molecule has 1 heterocycles. The van der Waals surface area contributed by atoms with E-state index in [1.54, 1.807) is 23.5 Å². The average molecular weight is 390 g/mol. The number of carbonyl (C=O) groups excluding carboxylic acids is 1. The van der Waals surface area contributed by atoms with E-state index in [-0.39, 0.29) is 22.8 Å². The fourth-order valence-corrected chi connectivity index (χ4v) is 3.72. The number of nitro groups is 1. The molecule has 0 aliphatic heterocycles. The third-order valence-electron chi connectivity index (χ3n) is 4.19. The zero-order valence-electron chi connectivity index (χ0n) is 14.8. The predicted octanol–water partition coefficient (Wildman–Crippen LogP) is 5.87. The number of nitrogens with zero attached hydrogens (tertiary/aromatic N) is 2. The summed E-state index contributed by atoms with van der Waals surface area (Å²) in [5.74, 6) is 0.307. The second-order valence-electron chi connectivity index (χ2n) is 6.11. The first kappa shape index (κ1) is 17.8. The predicted molar refractivity (Wildman–Crippen MR) is 108 cm³/mol. The molecule has 138 valence electrons. The van der Waals surface area contributed by atoms with Gasteiger partial charge in [-0.3, -0.25) is 14.9 Å². The van der Waals surface area contributed by atoms with Gasteiger partial charge in [0.25, 0.3) is 0 Å². The highest BCUT2D eigenvalue weighted by Gasteiger charge is 2.18. The van der Waals surface area contributed by atoms with Gasteiger partial charge in [-0.25, -0.2) is 4.98 Å². The number of thiazole rings is 1. The van der Waals surface area contributed by atoms with E-state index in [2.05, 4.69) is 4.98 Å². The van der Waals surface area contributed by atoms with Gasteiger partial charge in [-0.2, -0.15) is 0 Å². The van der Waals surface area contributed by atoms with Gasteiger partial charge in [-0.15, -0.1) is 11.3 Å². The SMILES string of the molecule is CC(=O)c1ccc(Oc2ccc(-c3nc4ccccc4s3)cc2)c([N+](=O)[O-])c1. The third-order valence-corrected chi connectivity index (χ3v) is 5.27. The number of para-hydroxylation sites is 1. The van der Waals surface area contributed by atoms with Crippen molar-refractivity contribution in [3.8, 4) is 22.1 Å². The van der Waals surface area contributed by atoms with Crippen LogP contribution in [0.3, 0.4) is 0 Å². The topological polar surface area (TPSA) is 82.3 Å². The lowest BCUT2D eigenvalue weighted by molar-refractivity contribution is -0.385. The van der Waals surface area contributed by atoms with E-state index in [1.165, 1.54) is 25.1 Å². The number of hydrogen-bond acceptors (Lipinski definition) is 6. The number of ether oxygens (including phenoxy) is 1. The molecule has 0 bridgehead atoms. The third kappa shape index (κ3) is 3.47. The van der Waals surface area contributed by atoms with Gasteiger partial charge < -0.3 is 4.74 Å². The number of ketones is 1. The summed E-state index contributed by atoms with van der Waals surface area (Å²) in [6, 6.07) is 19.3. The lowest BCUT2D eigenvalue weighted by Crippen LogP contribution is -1.98. The summed E-state index contributed by atoms with van der Waals surface area (Å²) < 4.78 is 6.80. The summed E-state index contributed by atoms with van der Waals surface area (Å²) in [5.41, 5.74) is 1.91. The van der Waals surface area contributed by atoms with Crippen LogP contribution in [0.4, 0.5) is 5.69 Å².